The van der Waals surface area contributed by atoms with Crippen LogP contribution in [0.1, 0.15) is 54.1 Å². The lowest BCUT2D eigenvalue weighted by molar-refractivity contribution is 0.0913. The Morgan fingerprint density at radius 1 is 1.52 bits per heavy atom. The van der Waals surface area contributed by atoms with E-state index in [1.54, 1.807) is 5.38 Å². The van der Waals surface area contributed by atoms with Gasteiger partial charge in [0.25, 0.3) is 5.91 Å². The maximum atomic E-state index is 12.1. The number of amides is 1. The molecule has 6 heteroatoms. The number of aromatic nitrogens is 1. The highest BCUT2D eigenvalue weighted by Crippen LogP contribution is 2.37. The summed E-state index contributed by atoms with van der Waals surface area (Å²) in [6.45, 7) is 2.65. The molecule has 0 aromatic carbocycles. The molecule has 1 aromatic rings. The number of nitrogens with one attached hydrogen (secondary N) is 1. The van der Waals surface area contributed by atoms with Crippen LogP contribution in [0.4, 0.5) is 0 Å². The van der Waals surface area contributed by atoms with Crippen LogP contribution in [0, 0.1) is 5.92 Å². The number of nitrogens with two attached hydrogens (primary N) is 1. The minimum Gasteiger partial charge on any atom is -0.350 e. The van der Waals surface area contributed by atoms with Crippen molar-refractivity contribution in [3.05, 3.63) is 16.1 Å². The minimum atomic E-state index is -0.110. The van der Waals surface area contributed by atoms with Crippen molar-refractivity contribution in [1.82, 2.24) is 15.2 Å². The smallest absolute Gasteiger partial charge is 0.270 e. The Morgan fingerprint density at radius 2 is 2.19 bits per heavy atom. The van der Waals surface area contributed by atoms with Crippen molar-refractivity contribution in [2.45, 2.75) is 50.7 Å². The number of carbonyl (C=O) groups excluding carboxylic acids is 1. The Labute approximate surface area is 129 Å². The van der Waals surface area contributed by atoms with Crippen molar-refractivity contribution >= 4 is 17.2 Å². The van der Waals surface area contributed by atoms with E-state index in [4.69, 9.17) is 5.73 Å². The molecule has 2 saturated heterocycles. The van der Waals surface area contributed by atoms with E-state index in [0.717, 1.165) is 23.6 Å². The van der Waals surface area contributed by atoms with E-state index in [1.165, 1.54) is 37.0 Å². The summed E-state index contributed by atoms with van der Waals surface area (Å²) < 4.78 is 0. The SMILES string of the molecule is CC(N)c1nc(C(=O)NCC2CC3CCC(C2)N3C)cs1. The molecule has 2 fully saturated rings. The Bertz CT molecular complexity index is 502. The zero-order valence-electron chi connectivity index (χ0n) is 12.7. The van der Waals surface area contributed by atoms with Crippen molar-refractivity contribution in [2.75, 3.05) is 13.6 Å². The quantitative estimate of drug-likeness (QED) is 0.889. The van der Waals surface area contributed by atoms with Crippen molar-refractivity contribution in [3.8, 4) is 0 Å². The molecule has 2 aliphatic heterocycles. The molecule has 0 spiro atoms. The maximum Gasteiger partial charge on any atom is 0.270 e. The molecule has 3 N–H and O–H groups in total. The van der Waals surface area contributed by atoms with Crippen LogP contribution in [0.5, 0.6) is 0 Å². The summed E-state index contributed by atoms with van der Waals surface area (Å²) in [4.78, 5) is 19.0. The predicted octanol–water partition coefficient (Wildman–Crippen LogP) is 1.77. The topological polar surface area (TPSA) is 71.2 Å². The first kappa shape index (κ1) is 14.9. The number of thiazole rings is 1. The second-order valence-corrected chi connectivity index (χ2v) is 7.35. The molecule has 3 atom stereocenters. The first-order chi connectivity index (χ1) is 10.0. The third kappa shape index (κ3) is 3.12. The van der Waals surface area contributed by atoms with E-state index in [1.807, 2.05) is 6.92 Å². The van der Waals surface area contributed by atoms with Gasteiger partial charge in [0.1, 0.15) is 10.7 Å². The third-order valence-corrected chi connectivity index (χ3v) is 5.94. The molecular weight excluding hydrogens is 284 g/mol. The molecular formula is C15H24N4OS. The summed E-state index contributed by atoms with van der Waals surface area (Å²) in [5, 5.41) is 5.67. The van der Waals surface area contributed by atoms with Crippen molar-refractivity contribution < 1.29 is 4.79 Å². The number of rotatable bonds is 4. The Balaban J connectivity index is 1.52. The molecule has 3 unspecified atom stereocenters. The molecule has 116 valence electrons. The van der Waals surface area contributed by atoms with Gasteiger partial charge in [-0.1, -0.05) is 0 Å². The fourth-order valence-electron chi connectivity index (χ4n) is 3.62. The normalized spacial score (nSPS) is 30.3. The largest absolute Gasteiger partial charge is 0.350 e. The molecule has 5 nitrogen and oxygen atoms in total. The van der Waals surface area contributed by atoms with Crippen LogP contribution >= 0.6 is 11.3 Å². The zero-order valence-corrected chi connectivity index (χ0v) is 13.5. The maximum absolute atomic E-state index is 12.1. The Kier molecular flexibility index (Phi) is 4.28. The van der Waals surface area contributed by atoms with E-state index in [0.29, 0.717) is 11.6 Å². The molecule has 2 aliphatic rings. The Hall–Kier alpha value is -0.980. The van der Waals surface area contributed by atoms with Gasteiger partial charge in [0, 0.05) is 24.0 Å². The fourth-order valence-corrected chi connectivity index (χ4v) is 4.38. The highest BCUT2D eigenvalue weighted by Gasteiger charge is 2.38. The molecule has 0 radical (unpaired) electrons. The number of nitrogens with zero attached hydrogens (tertiary/aromatic N) is 2. The van der Waals surface area contributed by atoms with E-state index in [9.17, 15) is 4.79 Å². The van der Waals surface area contributed by atoms with Gasteiger partial charge in [-0.2, -0.15) is 0 Å². The molecule has 0 saturated carbocycles. The van der Waals surface area contributed by atoms with Gasteiger partial charge in [-0.15, -0.1) is 11.3 Å². The van der Waals surface area contributed by atoms with Gasteiger partial charge in [-0.3, -0.25) is 4.79 Å². The van der Waals surface area contributed by atoms with Crippen molar-refractivity contribution in [3.63, 3.8) is 0 Å². The summed E-state index contributed by atoms with van der Waals surface area (Å²) in [5.74, 6) is 0.540. The second kappa shape index (κ2) is 6.02. The number of carbonyl (C=O) groups is 1. The minimum absolute atomic E-state index is 0.0653. The molecule has 1 aromatic heterocycles. The second-order valence-electron chi connectivity index (χ2n) is 6.46. The van der Waals surface area contributed by atoms with Gasteiger partial charge < -0.3 is 16.0 Å². The first-order valence-corrected chi connectivity index (χ1v) is 8.63. The Morgan fingerprint density at radius 3 is 2.76 bits per heavy atom. The van der Waals surface area contributed by atoms with Crippen LogP contribution in [0.3, 0.4) is 0 Å². The fraction of sp³-hybridized carbons (Fsp3) is 0.733. The van der Waals surface area contributed by atoms with Gasteiger partial charge in [0.2, 0.25) is 0 Å². The van der Waals surface area contributed by atoms with Crippen LogP contribution in [0.15, 0.2) is 5.38 Å². The highest BCUT2D eigenvalue weighted by atomic mass is 32.1. The van der Waals surface area contributed by atoms with Crippen LogP contribution in [-0.2, 0) is 0 Å². The zero-order chi connectivity index (χ0) is 15.0. The van der Waals surface area contributed by atoms with Gasteiger partial charge in [0.05, 0.1) is 6.04 Å². The summed E-state index contributed by atoms with van der Waals surface area (Å²) in [6, 6.07) is 1.32. The van der Waals surface area contributed by atoms with Crippen LogP contribution in [-0.4, -0.2) is 41.5 Å². The monoisotopic (exact) mass is 308 g/mol. The van der Waals surface area contributed by atoms with Crippen LogP contribution in [0.2, 0.25) is 0 Å². The van der Waals surface area contributed by atoms with Gasteiger partial charge in [-0.25, -0.2) is 4.98 Å². The average molecular weight is 308 g/mol. The number of hydrogen-bond acceptors (Lipinski definition) is 5. The number of fused-ring (bicyclic) bond motifs is 2. The van der Waals surface area contributed by atoms with E-state index >= 15 is 0 Å². The molecule has 21 heavy (non-hydrogen) atoms. The number of piperidine rings is 1. The van der Waals surface area contributed by atoms with E-state index in [-0.39, 0.29) is 11.9 Å². The summed E-state index contributed by atoms with van der Waals surface area (Å²) in [7, 11) is 2.24. The lowest BCUT2D eigenvalue weighted by atomic mass is 9.91. The summed E-state index contributed by atoms with van der Waals surface area (Å²) >= 11 is 1.45. The van der Waals surface area contributed by atoms with Crippen LogP contribution in [0.25, 0.3) is 0 Å². The molecule has 2 bridgehead atoms. The standard InChI is InChI=1S/C15H24N4OS/c1-9(16)15-18-13(8-21-15)14(20)17-7-10-5-11-3-4-12(6-10)19(11)2/h8-12H,3-7,16H2,1-2H3,(H,17,20). The molecule has 3 heterocycles. The average Bonchev–Trinajstić information content (AvgIpc) is 3.00. The number of hydrogen-bond donors (Lipinski definition) is 2. The van der Waals surface area contributed by atoms with Gasteiger partial charge in [-0.05, 0) is 45.6 Å². The molecule has 0 aliphatic carbocycles. The lowest BCUT2D eigenvalue weighted by Crippen LogP contribution is -2.43. The van der Waals surface area contributed by atoms with E-state index < -0.39 is 0 Å². The highest BCUT2D eigenvalue weighted by molar-refractivity contribution is 7.09. The third-order valence-electron chi connectivity index (χ3n) is 4.89. The summed E-state index contributed by atoms with van der Waals surface area (Å²) in [5.41, 5.74) is 6.28. The van der Waals surface area contributed by atoms with Crippen molar-refractivity contribution in [2.24, 2.45) is 11.7 Å². The molecule has 1 amide bonds. The van der Waals surface area contributed by atoms with Gasteiger partial charge >= 0.3 is 0 Å². The van der Waals surface area contributed by atoms with Gasteiger partial charge in [0.15, 0.2) is 0 Å². The molecule has 3 rings (SSSR count). The first-order valence-electron chi connectivity index (χ1n) is 7.75. The summed E-state index contributed by atoms with van der Waals surface area (Å²) in [6.07, 6.45) is 5.04. The van der Waals surface area contributed by atoms with Crippen LogP contribution < -0.4 is 11.1 Å². The van der Waals surface area contributed by atoms with Crippen molar-refractivity contribution in [1.29, 1.82) is 0 Å². The predicted molar refractivity (Wildman–Crippen MR) is 84.3 cm³/mol. The van der Waals surface area contributed by atoms with E-state index in [2.05, 4.69) is 22.2 Å². The lowest BCUT2D eigenvalue weighted by Gasteiger charge is -2.36.